The van der Waals surface area contributed by atoms with Crippen molar-refractivity contribution in [3.63, 3.8) is 0 Å². The molecule has 0 saturated carbocycles. The van der Waals surface area contributed by atoms with Gasteiger partial charge in [0.2, 0.25) is 0 Å². The minimum absolute atomic E-state index is 0.0858. The van der Waals surface area contributed by atoms with Crippen LogP contribution in [0.3, 0.4) is 0 Å². The van der Waals surface area contributed by atoms with E-state index >= 15 is 0 Å². The smallest absolute Gasteiger partial charge is 0.419 e. The zero-order valence-electron chi connectivity index (χ0n) is 26.6. The van der Waals surface area contributed by atoms with Crippen molar-refractivity contribution in [1.29, 1.82) is 0 Å². The van der Waals surface area contributed by atoms with E-state index in [9.17, 15) is 31.5 Å². The molecular weight excluding hydrogens is 615 g/mol. The highest BCUT2D eigenvalue weighted by Crippen LogP contribution is 2.37. The second-order valence-corrected chi connectivity index (χ2v) is 12.2. The molecule has 1 saturated heterocycles. The number of fused-ring (bicyclic) bond motifs is 1. The van der Waals surface area contributed by atoms with E-state index in [0.717, 1.165) is 23.6 Å². The predicted octanol–water partition coefficient (Wildman–Crippen LogP) is 6.63. The van der Waals surface area contributed by atoms with Crippen molar-refractivity contribution in [1.82, 2.24) is 14.4 Å². The van der Waals surface area contributed by atoms with Crippen molar-refractivity contribution < 1.29 is 45.8 Å². The molecule has 0 amide bonds. The Labute approximate surface area is 264 Å². The Bertz CT molecular complexity index is 1570. The fourth-order valence-corrected chi connectivity index (χ4v) is 5.72. The van der Waals surface area contributed by atoms with Crippen LogP contribution in [0.4, 0.5) is 32.4 Å². The van der Waals surface area contributed by atoms with Gasteiger partial charge in [-0.2, -0.15) is 13.2 Å². The van der Waals surface area contributed by atoms with Crippen LogP contribution >= 0.6 is 0 Å². The van der Waals surface area contributed by atoms with Crippen molar-refractivity contribution in [2.75, 3.05) is 52.3 Å². The van der Waals surface area contributed by atoms with Gasteiger partial charge in [0.05, 0.1) is 31.8 Å². The summed E-state index contributed by atoms with van der Waals surface area (Å²) in [6.07, 6.45) is -6.07. The maximum Gasteiger partial charge on any atom is 0.419 e. The van der Waals surface area contributed by atoms with Crippen LogP contribution in [0.15, 0.2) is 36.5 Å². The Kier molecular flexibility index (Phi) is 10.5. The number of aromatic nitrogens is 1. The standard InChI is InChI=1S/C32H39F5N4O5/c1-19-13-26(44-5)23(21-9-10-41(28(19)21)30(43)46-31(2,3)4)15-40-12-11-39(17-27(33)34)16-25(40)20-7-8-22(29(42)45-6)24(14-20)38-18-32(35,36)37/h7-10,13-14,25,27,38H,11-12,15-18H2,1-6H3/t25-/m0/s1. The molecule has 2 heterocycles. The zero-order chi connectivity index (χ0) is 34.0. The summed E-state index contributed by atoms with van der Waals surface area (Å²) in [5.74, 6) is -0.272. The summed E-state index contributed by atoms with van der Waals surface area (Å²) in [5, 5.41) is 3.02. The number of methoxy groups -OCH3 is 2. The Balaban J connectivity index is 1.78. The maximum atomic E-state index is 13.5. The number of alkyl halides is 5. The number of esters is 1. The minimum atomic E-state index is -4.56. The number of hydrogen-bond donors (Lipinski definition) is 1. The summed E-state index contributed by atoms with van der Waals surface area (Å²) < 4.78 is 83.9. The second kappa shape index (κ2) is 13.8. The molecule has 3 aromatic rings. The Morgan fingerprint density at radius 3 is 2.39 bits per heavy atom. The molecule has 1 aliphatic heterocycles. The van der Waals surface area contributed by atoms with E-state index in [1.54, 1.807) is 44.0 Å². The van der Waals surface area contributed by atoms with Gasteiger partial charge in [-0.3, -0.25) is 14.4 Å². The number of benzene rings is 2. The molecule has 252 valence electrons. The van der Waals surface area contributed by atoms with E-state index < -0.39 is 49.4 Å². The molecule has 1 aromatic heterocycles. The SMILES string of the molecule is COC(=O)c1ccc([C@@H]2CN(CC(F)F)CCN2Cc2c(OC)cc(C)c3c2ccn3C(=O)OC(C)(C)C)cc1NCC(F)(F)F. The van der Waals surface area contributed by atoms with E-state index in [0.29, 0.717) is 29.9 Å². The predicted molar refractivity (Wildman–Crippen MR) is 163 cm³/mol. The highest BCUT2D eigenvalue weighted by Gasteiger charge is 2.33. The maximum absolute atomic E-state index is 13.5. The molecule has 1 fully saturated rings. The number of nitrogens with zero attached hydrogens (tertiary/aromatic N) is 3. The van der Waals surface area contributed by atoms with Gasteiger partial charge in [0.15, 0.2) is 0 Å². The molecule has 14 heteroatoms. The molecule has 2 aromatic carbocycles. The number of carbonyl (C=O) groups excluding carboxylic acids is 2. The fourth-order valence-electron chi connectivity index (χ4n) is 5.72. The van der Waals surface area contributed by atoms with Gasteiger partial charge >= 0.3 is 18.2 Å². The van der Waals surface area contributed by atoms with E-state index in [4.69, 9.17) is 14.2 Å². The summed E-state index contributed by atoms with van der Waals surface area (Å²) in [4.78, 5) is 29.1. The van der Waals surface area contributed by atoms with Crippen molar-refractivity contribution >= 4 is 28.7 Å². The first kappa shape index (κ1) is 35.0. The Hall–Kier alpha value is -3.91. The van der Waals surface area contributed by atoms with Gasteiger partial charge in [0.25, 0.3) is 6.43 Å². The molecule has 46 heavy (non-hydrogen) atoms. The Morgan fingerprint density at radius 2 is 1.78 bits per heavy atom. The van der Waals surface area contributed by atoms with Gasteiger partial charge in [-0.1, -0.05) is 6.07 Å². The Morgan fingerprint density at radius 1 is 1.07 bits per heavy atom. The number of piperazine rings is 1. The lowest BCUT2D eigenvalue weighted by molar-refractivity contribution is -0.115. The molecule has 1 atom stereocenters. The monoisotopic (exact) mass is 654 g/mol. The third-order valence-electron chi connectivity index (χ3n) is 7.69. The summed E-state index contributed by atoms with van der Waals surface area (Å²) in [5.41, 5.74) is 1.75. The quantitative estimate of drug-likeness (QED) is 0.204. The average molecular weight is 655 g/mol. The number of ether oxygens (including phenoxy) is 3. The number of halogens is 5. The lowest BCUT2D eigenvalue weighted by Gasteiger charge is -2.42. The molecule has 1 N–H and O–H groups in total. The van der Waals surface area contributed by atoms with Crippen LogP contribution in [0, 0.1) is 6.92 Å². The normalized spacial score (nSPS) is 16.6. The first-order valence-electron chi connectivity index (χ1n) is 14.7. The van der Waals surface area contributed by atoms with Gasteiger partial charge in [-0.15, -0.1) is 0 Å². The number of rotatable bonds is 9. The topological polar surface area (TPSA) is 85.3 Å². The third-order valence-corrected chi connectivity index (χ3v) is 7.69. The molecule has 4 rings (SSSR count). The number of aryl methyl sites for hydroxylation is 1. The van der Waals surface area contributed by atoms with Gasteiger partial charge in [-0.05, 0) is 63.1 Å². The lowest BCUT2D eigenvalue weighted by atomic mass is 9.97. The lowest BCUT2D eigenvalue weighted by Crippen LogP contribution is -2.49. The second-order valence-electron chi connectivity index (χ2n) is 12.2. The number of nitrogens with one attached hydrogen (secondary N) is 1. The van der Waals surface area contributed by atoms with Gasteiger partial charge in [-0.25, -0.2) is 18.4 Å². The van der Waals surface area contributed by atoms with Crippen molar-refractivity contribution in [3.05, 3.63) is 58.8 Å². The number of hydrogen-bond acceptors (Lipinski definition) is 8. The first-order valence-corrected chi connectivity index (χ1v) is 14.7. The van der Waals surface area contributed by atoms with Crippen LogP contribution in [-0.2, 0) is 16.0 Å². The van der Waals surface area contributed by atoms with Crippen LogP contribution in [0.5, 0.6) is 5.75 Å². The summed E-state index contributed by atoms with van der Waals surface area (Å²) >= 11 is 0. The third kappa shape index (κ3) is 8.27. The van der Waals surface area contributed by atoms with E-state index in [-0.39, 0.29) is 24.3 Å². The summed E-state index contributed by atoms with van der Waals surface area (Å²) in [6.45, 7) is 6.37. The molecule has 1 aliphatic rings. The molecule has 0 radical (unpaired) electrons. The van der Waals surface area contributed by atoms with E-state index in [1.807, 2.05) is 17.9 Å². The van der Waals surface area contributed by atoms with Crippen LogP contribution in [-0.4, -0.2) is 91.6 Å². The average Bonchev–Trinajstić information content (AvgIpc) is 3.42. The highest BCUT2D eigenvalue weighted by molar-refractivity contribution is 5.96. The van der Waals surface area contributed by atoms with Crippen molar-refractivity contribution in [2.24, 2.45) is 0 Å². The largest absolute Gasteiger partial charge is 0.496 e. The molecular formula is C32H39F5N4O5. The van der Waals surface area contributed by atoms with Gasteiger partial charge in [0.1, 0.15) is 17.9 Å². The highest BCUT2D eigenvalue weighted by atomic mass is 19.4. The number of anilines is 1. The first-order chi connectivity index (χ1) is 21.5. The van der Waals surface area contributed by atoms with Crippen LogP contribution < -0.4 is 10.1 Å². The molecule has 0 unspecified atom stereocenters. The van der Waals surface area contributed by atoms with Crippen LogP contribution in [0.2, 0.25) is 0 Å². The van der Waals surface area contributed by atoms with Gasteiger partial charge in [0, 0.05) is 55.1 Å². The summed E-state index contributed by atoms with van der Waals surface area (Å²) in [7, 11) is 2.65. The molecule has 9 nitrogen and oxygen atoms in total. The molecule has 0 aliphatic carbocycles. The minimum Gasteiger partial charge on any atom is -0.496 e. The molecule has 0 bridgehead atoms. The van der Waals surface area contributed by atoms with Crippen LogP contribution in [0.1, 0.15) is 53.9 Å². The molecule has 0 spiro atoms. The van der Waals surface area contributed by atoms with E-state index in [1.165, 1.54) is 23.8 Å². The zero-order valence-corrected chi connectivity index (χ0v) is 26.6. The van der Waals surface area contributed by atoms with Gasteiger partial charge < -0.3 is 19.5 Å². The summed E-state index contributed by atoms with van der Waals surface area (Å²) in [6, 6.07) is 7.44. The van der Waals surface area contributed by atoms with Crippen molar-refractivity contribution in [2.45, 2.75) is 58.5 Å². The number of carbonyl (C=O) groups is 2. The van der Waals surface area contributed by atoms with E-state index in [2.05, 4.69) is 5.32 Å². The van der Waals surface area contributed by atoms with Crippen molar-refractivity contribution in [3.8, 4) is 5.75 Å². The van der Waals surface area contributed by atoms with Crippen LogP contribution in [0.25, 0.3) is 10.9 Å². The fraction of sp³-hybridized carbons (Fsp3) is 0.500.